The van der Waals surface area contributed by atoms with E-state index in [0.29, 0.717) is 26.0 Å². The number of ether oxygens (including phenoxy) is 2. The van der Waals surface area contributed by atoms with Crippen molar-refractivity contribution in [1.29, 1.82) is 0 Å². The van der Waals surface area contributed by atoms with Gasteiger partial charge in [-0.1, -0.05) is 0 Å². The highest BCUT2D eigenvalue weighted by atomic mass is 79.9. The van der Waals surface area contributed by atoms with Crippen LogP contribution in [-0.4, -0.2) is 38.0 Å². The molecule has 25 heavy (non-hydrogen) atoms. The molecule has 1 rings (SSSR count). The van der Waals surface area contributed by atoms with E-state index >= 15 is 0 Å². The van der Waals surface area contributed by atoms with Gasteiger partial charge < -0.3 is 20.1 Å². The molecule has 5 nitrogen and oxygen atoms in total. The van der Waals surface area contributed by atoms with Crippen LogP contribution in [0.1, 0.15) is 33.6 Å². The lowest BCUT2D eigenvalue weighted by Gasteiger charge is -2.21. The molecule has 142 valence electrons. The number of alkyl carbamates (subject to hydrolysis) is 1. The van der Waals surface area contributed by atoms with Gasteiger partial charge in [0.05, 0.1) is 16.8 Å². The highest BCUT2D eigenvalue weighted by molar-refractivity contribution is 9.10. The molecule has 1 amide bonds. The highest BCUT2D eigenvalue weighted by Gasteiger charge is 2.16. The Morgan fingerprint density at radius 3 is 2.56 bits per heavy atom. The third-order valence-corrected chi connectivity index (χ3v) is 3.74. The molecule has 0 heterocycles. The van der Waals surface area contributed by atoms with Crippen LogP contribution in [0.3, 0.4) is 0 Å². The van der Waals surface area contributed by atoms with Crippen LogP contribution in [0.2, 0.25) is 0 Å². The first-order valence-corrected chi connectivity index (χ1v) is 8.78. The third kappa shape index (κ3) is 8.49. The Bertz CT molecular complexity index is 580. The molecule has 0 aliphatic heterocycles. The summed E-state index contributed by atoms with van der Waals surface area (Å²) in [5, 5.41) is 5.60. The van der Waals surface area contributed by atoms with Crippen LogP contribution in [0.25, 0.3) is 0 Å². The predicted molar refractivity (Wildman–Crippen MR) is 96.8 cm³/mol. The smallest absolute Gasteiger partial charge is 0.407 e. The fourth-order valence-electron chi connectivity index (χ4n) is 2.10. The lowest BCUT2D eigenvalue weighted by atomic mass is 10.1. The monoisotopic (exact) mass is 422 g/mol. The van der Waals surface area contributed by atoms with Crippen molar-refractivity contribution in [2.24, 2.45) is 0 Å². The molecule has 0 saturated carbocycles. The van der Waals surface area contributed by atoms with Gasteiger partial charge in [0.25, 0.3) is 0 Å². The summed E-state index contributed by atoms with van der Waals surface area (Å²) in [4.78, 5) is 11.6. The van der Waals surface area contributed by atoms with Gasteiger partial charge in [-0.2, -0.15) is 0 Å². The summed E-state index contributed by atoms with van der Waals surface area (Å²) >= 11 is 2.94. The number of anilines is 1. The van der Waals surface area contributed by atoms with Crippen molar-refractivity contribution in [2.45, 2.75) is 45.3 Å². The van der Waals surface area contributed by atoms with E-state index in [-0.39, 0.29) is 16.2 Å². The molecule has 2 N–H and O–H groups in total. The SMILES string of the molecule is COCC(CCCNC(=O)OC(C)(C)C)Nc1cc(F)c(Br)cc1F. The van der Waals surface area contributed by atoms with Crippen LogP contribution >= 0.6 is 15.9 Å². The number of amides is 1. The van der Waals surface area contributed by atoms with E-state index in [1.807, 2.05) is 0 Å². The zero-order valence-electron chi connectivity index (χ0n) is 14.9. The maximum atomic E-state index is 13.9. The summed E-state index contributed by atoms with van der Waals surface area (Å²) in [5.41, 5.74) is -0.476. The van der Waals surface area contributed by atoms with Crippen LogP contribution < -0.4 is 10.6 Å². The number of methoxy groups -OCH3 is 1. The molecule has 0 radical (unpaired) electrons. The molecule has 0 aromatic heterocycles. The van der Waals surface area contributed by atoms with Crippen LogP contribution in [0.15, 0.2) is 16.6 Å². The lowest BCUT2D eigenvalue weighted by molar-refractivity contribution is 0.0526. The number of hydrogen-bond donors (Lipinski definition) is 2. The second-order valence-corrected chi connectivity index (χ2v) is 7.47. The van der Waals surface area contributed by atoms with Gasteiger partial charge in [-0.3, -0.25) is 0 Å². The maximum Gasteiger partial charge on any atom is 0.407 e. The first kappa shape index (κ1) is 21.6. The molecule has 1 unspecified atom stereocenters. The molecule has 1 aromatic rings. The van der Waals surface area contributed by atoms with Crippen molar-refractivity contribution in [2.75, 3.05) is 25.6 Å². The van der Waals surface area contributed by atoms with Crippen molar-refractivity contribution in [1.82, 2.24) is 5.32 Å². The van der Waals surface area contributed by atoms with Crippen molar-refractivity contribution in [3.63, 3.8) is 0 Å². The minimum Gasteiger partial charge on any atom is -0.444 e. The van der Waals surface area contributed by atoms with E-state index in [1.54, 1.807) is 20.8 Å². The molecular weight excluding hydrogens is 398 g/mol. The van der Waals surface area contributed by atoms with E-state index in [4.69, 9.17) is 9.47 Å². The van der Waals surface area contributed by atoms with Gasteiger partial charge in [0.2, 0.25) is 0 Å². The minimum atomic E-state index is -0.554. The number of halogens is 3. The zero-order valence-corrected chi connectivity index (χ0v) is 16.5. The Labute approximate surface area is 155 Å². The van der Waals surface area contributed by atoms with E-state index in [1.165, 1.54) is 7.11 Å². The maximum absolute atomic E-state index is 13.9. The van der Waals surface area contributed by atoms with Gasteiger partial charge in [-0.05, 0) is 55.6 Å². The Kier molecular flexibility index (Phi) is 8.58. The first-order chi connectivity index (χ1) is 11.6. The summed E-state index contributed by atoms with van der Waals surface area (Å²) < 4.78 is 37.8. The van der Waals surface area contributed by atoms with Gasteiger partial charge in [-0.25, -0.2) is 13.6 Å². The third-order valence-electron chi connectivity index (χ3n) is 3.14. The molecule has 1 atom stereocenters. The van der Waals surface area contributed by atoms with Gasteiger partial charge >= 0.3 is 6.09 Å². The zero-order chi connectivity index (χ0) is 19.0. The Balaban J connectivity index is 2.50. The Morgan fingerprint density at radius 2 is 1.96 bits per heavy atom. The number of carbonyl (C=O) groups excluding carboxylic acids is 1. The molecule has 1 aromatic carbocycles. The number of rotatable bonds is 8. The number of nitrogens with one attached hydrogen (secondary N) is 2. The molecule has 0 spiro atoms. The van der Waals surface area contributed by atoms with Crippen molar-refractivity contribution >= 4 is 27.7 Å². The van der Waals surface area contributed by atoms with Crippen LogP contribution in [0, 0.1) is 11.6 Å². The van der Waals surface area contributed by atoms with Gasteiger partial charge in [0, 0.05) is 25.8 Å². The summed E-state index contributed by atoms with van der Waals surface area (Å²) in [6.45, 7) is 6.10. The Hall–Kier alpha value is -1.41. The van der Waals surface area contributed by atoms with Gasteiger partial charge in [-0.15, -0.1) is 0 Å². The molecule has 0 aliphatic rings. The van der Waals surface area contributed by atoms with E-state index in [2.05, 4.69) is 26.6 Å². The summed E-state index contributed by atoms with van der Waals surface area (Å²) in [7, 11) is 1.53. The van der Waals surface area contributed by atoms with Crippen LogP contribution in [-0.2, 0) is 9.47 Å². The molecule has 0 bridgehead atoms. The summed E-state index contributed by atoms with van der Waals surface area (Å²) in [6, 6.07) is 1.95. The van der Waals surface area contributed by atoms with Crippen LogP contribution in [0.5, 0.6) is 0 Å². The summed E-state index contributed by atoms with van der Waals surface area (Å²) in [6.07, 6.45) is 0.742. The molecule has 0 fully saturated rings. The second-order valence-electron chi connectivity index (χ2n) is 6.61. The molecule has 0 aliphatic carbocycles. The minimum absolute atomic E-state index is 0.0698. The van der Waals surface area contributed by atoms with E-state index < -0.39 is 23.3 Å². The van der Waals surface area contributed by atoms with E-state index in [9.17, 15) is 13.6 Å². The Morgan fingerprint density at radius 1 is 1.28 bits per heavy atom. The quantitative estimate of drug-likeness (QED) is 0.479. The standard InChI is InChI=1S/C17H25BrF2N2O3/c1-17(2,3)25-16(23)21-7-5-6-11(10-24-4)22-15-9-13(19)12(18)8-14(15)20/h8-9,11,22H,5-7,10H2,1-4H3,(H,21,23). The van der Waals surface area contributed by atoms with Crippen molar-refractivity contribution in [3.05, 3.63) is 28.2 Å². The number of benzene rings is 1. The predicted octanol–water partition coefficient (Wildman–Crippen LogP) is 4.46. The average molecular weight is 423 g/mol. The number of carbonyl (C=O) groups is 1. The fourth-order valence-corrected chi connectivity index (χ4v) is 2.42. The van der Waals surface area contributed by atoms with E-state index in [0.717, 1.165) is 12.1 Å². The topological polar surface area (TPSA) is 59.6 Å². The first-order valence-electron chi connectivity index (χ1n) is 7.99. The number of hydrogen-bond acceptors (Lipinski definition) is 4. The van der Waals surface area contributed by atoms with Gasteiger partial charge in [0.15, 0.2) is 0 Å². The van der Waals surface area contributed by atoms with Crippen molar-refractivity contribution < 1.29 is 23.0 Å². The molecular formula is C17H25BrF2N2O3. The normalized spacial score (nSPS) is 12.6. The molecule has 0 saturated heterocycles. The second kappa shape index (κ2) is 9.91. The largest absolute Gasteiger partial charge is 0.444 e. The fraction of sp³-hybridized carbons (Fsp3) is 0.588. The van der Waals surface area contributed by atoms with Gasteiger partial charge in [0.1, 0.15) is 17.2 Å². The summed E-state index contributed by atoms with van der Waals surface area (Å²) in [5.74, 6) is -1.10. The van der Waals surface area contributed by atoms with Crippen LogP contribution in [0.4, 0.5) is 19.3 Å². The average Bonchev–Trinajstić information content (AvgIpc) is 2.47. The van der Waals surface area contributed by atoms with Crippen molar-refractivity contribution in [3.8, 4) is 0 Å². The highest BCUT2D eigenvalue weighted by Crippen LogP contribution is 2.24. The molecule has 8 heteroatoms. The lowest BCUT2D eigenvalue weighted by Crippen LogP contribution is -2.34.